The topological polar surface area (TPSA) is 98.8 Å². The molecule has 2 N–H and O–H groups in total. The SMILES string of the molecule is C[C@H]1CCCN([C@H](C)CNC(=O)c2ccc(S(=O)(=O)N3CCNC(=O)C3)cc2)C1. The Labute approximate surface area is 172 Å². The molecule has 0 radical (unpaired) electrons. The predicted molar refractivity (Wildman–Crippen MR) is 110 cm³/mol. The fourth-order valence-corrected chi connectivity index (χ4v) is 5.24. The van der Waals surface area contributed by atoms with Crippen LogP contribution in [0.2, 0.25) is 0 Å². The largest absolute Gasteiger partial charge is 0.354 e. The number of carbonyl (C=O) groups is 2. The van der Waals surface area contributed by atoms with Crippen LogP contribution in [0.5, 0.6) is 0 Å². The molecule has 2 aliphatic rings. The van der Waals surface area contributed by atoms with Gasteiger partial charge >= 0.3 is 0 Å². The lowest BCUT2D eigenvalue weighted by atomic mass is 9.99. The van der Waals surface area contributed by atoms with Crippen LogP contribution in [-0.2, 0) is 14.8 Å². The number of hydrogen-bond donors (Lipinski definition) is 2. The number of benzene rings is 1. The van der Waals surface area contributed by atoms with Gasteiger partial charge in [0.1, 0.15) is 0 Å². The van der Waals surface area contributed by atoms with Gasteiger partial charge in [-0.15, -0.1) is 0 Å². The first-order chi connectivity index (χ1) is 13.8. The molecule has 2 aliphatic heterocycles. The Morgan fingerprint density at radius 1 is 1.28 bits per heavy atom. The second kappa shape index (κ2) is 9.23. The molecule has 29 heavy (non-hydrogen) atoms. The summed E-state index contributed by atoms with van der Waals surface area (Å²) in [6.07, 6.45) is 2.45. The summed E-state index contributed by atoms with van der Waals surface area (Å²) in [5, 5.41) is 5.55. The summed E-state index contributed by atoms with van der Waals surface area (Å²) < 4.78 is 26.5. The molecule has 9 heteroatoms. The molecule has 2 amide bonds. The Hall–Kier alpha value is -1.97. The Balaban J connectivity index is 1.57. The highest BCUT2D eigenvalue weighted by molar-refractivity contribution is 7.89. The highest BCUT2D eigenvalue weighted by Gasteiger charge is 2.29. The number of carbonyl (C=O) groups excluding carboxylic acids is 2. The van der Waals surface area contributed by atoms with Gasteiger partial charge in [-0.2, -0.15) is 4.31 Å². The van der Waals surface area contributed by atoms with E-state index in [-0.39, 0.29) is 35.8 Å². The van der Waals surface area contributed by atoms with Crippen LogP contribution in [0, 0.1) is 5.92 Å². The van der Waals surface area contributed by atoms with E-state index >= 15 is 0 Å². The van der Waals surface area contributed by atoms with E-state index in [1.54, 1.807) is 0 Å². The molecule has 0 unspecified atom stereocenters. The van der Waals surface area contributed by atoms with Gasteiger partial charge in [-0.1, -0.05) is 6.92 Å². The van der Waals surface area contributed by atoms with E-state index in [9.17, 15) is 18.0 Å². The summed E-state index contributed by atoms with van der Waals surface area (Å²) in [6.45, 7) is 7.38. The Bertz CT molecular complexity index is 841. The highest BCUT2D eigenvalue weighted by Crippen LogP contribution is 2.18. The lowest BCUT2D eigenvalue weighted by molar-refractivity contribution is -0.122. The van der Waals surface area contributed by atoms with Crippen molar-refractivity contribution in [2.45, 2.75) is 37.6 Å². The van der Waals surface area contributed by atoms with E-state index in [1.165, 1.54) is 37.1 Å². The second-order valence-electron chi connectivity index (χ2n) is 8.01. The lowest BCUT2D eigenvalue weighted by Crippen LogP contribution is -2.49. The molecule has 0 spiro atoms. The molecular formula is C20H30N4O4S. The second-order valence-corrected chi connectivity index (χ2v) is 9.95. The third-order valence-corrected chi connectivity index (χ3v) is 7.49. The zero-order valence-corrected chi connectivity index (χ0v) is 17.9. The smallest absolute Gasteiger partial charge is 0.251 e. The monoisotopic (exact) mass is 422 g/mol. The molecule has 160 valence electrons. The van der Waals surface area contributed by atoms with Gasteiger partial charge in [-0.25, -0.2) is 8.42 Å². The van der Waals surface area contributed by atoms with Gasteiger partial charge in [0.2, 0.25) is 15.9 Å². The normalized spacial score (nSPS) is 22.7. The molecular weight excluding hydrogens is 392 g/mol. The van der Waals surface area contributed by atoms with E-state index < -0.39 is 10.0 Å². The fraction of sp³-hybridized carbons (Fsp3) is 0.600. The van der Waals surface area contributed by atoms with Gasteiger partial charge in [0.05, 0.1) is 11.4 Å². The Morgan fingerprint density at radius 3 is 2.66 bits per heavy atom. The third-order valence-electron chi connectivity index (χ3n) is 5.63. The predicted octanol–water partition coefficient (Wildman–Crippen LogP) is 0.657. The summed E-state index contributed by atoms with van der Waals surface area (Å²) in [4.78, 5) is 26.4. The third kappa shape index (κ3) is 5.34. The van der Waals surface area contributed by atoms with Crippen molar-refractivity contribution in [1.82, 2.24) is 19.8 Å². The van der Waals surface area contributed by atoms with Gasteiger partial charge < -0.3 is 10.6 Å². The van der Waals surface area contributed by atoms with Crippen LogP contribution in [0.25, 0.3) is 0 Å². The summed E-state index contributed by atoms with van der Waals surface area (Å²) in [7, 11) is -3.75. The van der Waals surface area contributed by atoms with Crippen molar-refractivity contribution in [3.63, 3.8) is 0 Å². The molecule has 0 aromatic heterocycles. The molecule has 1 aromatic rings. The number of likely N-dealkylation sites (tertiary alicyclic amines) is 1. The van der Waals surface area contributed by atoms with Gasteiger partial charge in [-0.3, -0.25) is 14.5 Å². The molecule has 2 atom stereocenters. The minimum atomic E-state index is -3.75. The number of hydrogen-bond acceptors (Lipinski definition) is 5. The van der Waals surface area contributed by atoms with Crippen LogP contribution >= 0.6 is 0 Å². The maximum Gasteiger partial charge on any atom is 0.251 e. The van der Waals surface area contributed by atoms with Crippen LogP contribution in [0.3, 0.4) is 0 Å². The zero-order chi connectivity index (χ0) is 21.0. The highest BCUT2D eigenvalue weighted by atomic mass is 32.2. The van der Waals surface area contributed by atoms with Crippen molar-refractivity contribution in [2.75, 3.05) is 39.3 Å². The molecule has 0 aliphatic carbocycles. The molecule has 1 aromatic carbocycles. The number of piperazine rings is 1. The average molecular weight is 423 g/mol. The zero-order valence-electron chi connectivity index (χ0n) is 17.1. The first kappa shape index (κ1) is 21.7. The molecule has 0 bridgehead atoms. The van der Waals surface area contributed by atoms with Crippen LogP contribution in [0.1, 0.15) is 37.0 Å². The number of rotatable bonds is 6. The van der Waals surface area contributed by atoms with Crippen molar-refractivity contribution in [2.24, 2.45) is 5.92 Å². The summed E-state index contributed by atoms with van der Waals surface area (Å²) >= 11 is 0. The maximum absolute atomic E-state index is 12.7. The Morgan fingerprint density at radius 2 is 2.00 bits per heavy atom. The van der Waals surface area contributed by atoms with Crippen LogP contribution < -0.4 is 10.6 Å². The van der Waals surface area contributed by atoms with Crippen molar-refractivity contribution in [3.8, 4) is 0 Å². The molecule has 2 heterocycles. The number of nitrogens with one attached hydrogen (secondary N) is 2. The summed E-state index contributed by atoms with van der Waals surface area (Å²) in [6, 6.07) is 6.13. The fourth-order valence-electron chi connectivity index (χ4n) is 3.85. The van der Waals surface area contributed by atoms with E-state index in [1.807, 2.05) is 0 Å². The van der Waals surface area contributed by atoms with Crippen molar-refractivity contribution in [1.29, 1.82) is 0 Å². The number of sulfonamides is 1. The minimum absolute atomic E-state index is 0.0828. The molecule has 8 nitrogen and oxygen atoms in total. The van der Waals surface area contributed by atoms with Gasteiger partial charge in [0.25, 0.3) is 5.91 Å². The van der Waals surface area contributed by atoms with E-state index in [2.05, 4.69) is 29.4 Å². The minimum Gasteiger partial charge on any atom is -0.354 e. The average Bonchev–Trinajstić information content (AvgIpc) is 2.72. The molecule has 3 rings (SSSR count). The maximum atomic E-state index is 12.7. The van der Waals surface area contributed by atoms with Crippen molar-refractivity contribution < 1.29 is 18.0 Å². The van der Waals surface area contributed by atoms with Crippen molar-refractivity contribution in [3.05, 3.63) is 29.8 Å². The summed E-state index contributed by atoms with van der Waals surface area (Å²) in [5.74, 6) is 0.152. The lowest BCUT2D eigenvalue weighted by Gasteiger charge is -2.35. The first-order valence-corrected chi connectivity index (χ1v) is 11.6. The molecule has 2 fully saturated rings. The van der Waals surface area contributed by atoms with Crippen LogP contribution in [0.4, 0.5) is 0 Å². The Kier molecular flexibility index (Phi) is 6.92. The van der Waals surface area contributed by atoms with E-state index in [0.717, 1.165) is 17.4 Å². The van der Waals surface area contributed by atoms with Crippen LogP contribution in [0.15, 0.2) is 29.2 Å². The first-order valence-electron chi connectivity index (χ1n) is 10.2. The van der Waals surface area contributed by atoms with Gasteiger partial charge in [-0.05, 0) is 56.5 Å². The van der Waals surface area contributed by atoms with Crippen LogP contribution in [-0.4, -0.2) is 74.7 Å². The quantitative estimate of drug-likeness (QED) is 0.702. The van der Waals surface area contributed by atoms with E-state index in [4.69, 9.17) is 0 Å². The van der Waals surface area contributed by atoms with E-state index in [0.29, 0.717) is 24.6 Å². The van der Waals surface area contributed by atoms with Gasteiger partial charge in [0, 0.05) is 37.8 Å². The number of piperidine rings is 1. The molecule has 0 saturated carbocycles. The standard InChI is InChI=1S/C20H30N4O4S/c1-15-4-3-10-23(13-15)16(2)12-22-20(26)17-5-7-18(8-6-17)29(27,28)24-11-9-21-19(25)14-24/h5-8,15-16H,3-4,9-14H2,1-2H3,(H,21,25)(H,22,26)/t15-,16+/m0/s1. The number of amides is 2. The number of nitrogens with zero attached hydrogens (tertiary/aromatic N) is 2. The van der Waals surface area contributed by atoms with Gasteiger partial charge in [0.15, 0.2) is 0 Å². The summed E-state index contributed by atoms with van der Waals surface area (Å²) in [5.41, 5.74) is 0.416. The molecule has 2 saturated heterocycles. The van der Waals surface area contributed by atoms with Crippen molar-refractivity contribution >= 4 is 21.8 Å².